The number of aromatic amines is 1. The number of urea groups is 1. The number of carbonyl (C=O) groups excluding carboxylic acids is 1. The third kappa shape index (κ3) is 3.59. The first kappa shape index (κ1) is 16.5. The molecule has 0 fully saturated rings. The van der Waals surface area contributed by atoms with Gasteiger partial charge in [0.25, 0.3) is 0 Å². The number of hydrogen-bond donors (Lipinski definition) is 3. The van der Waals surface area contributed by atoms with E-state index < -0.39 is 0 Å². The second-order valence-electron chi connectivity index (χ2n) is 5.72. The van der Waals surface area contributed by atoms with E-state index in [2.05, 4.69) is 36.5 Å². The van der Waals surface area contributed by atoms with E-state index in [1.807, 2.05) is 62.4 Å². The molecule has 0 aliphatic heterocycles. The highest BCUT2D eigenvalue weighted by Crippen LogP contribution is 2.22. The summed E-state index contributed by atoms with van der Waals surface area (Å²) in [6, 6.07) is 15.1. The molecular weight excluding hydrogens is 368 g/mol. The summed E-state index contributed by atoms with van der Waals surface area (Å²) >= 11 is 3.51. The number of hydrogen-bond acceptors (Lipinski definition) is 2. The molecule has 0 aliphatic carbocycles. The number of benzene rings is 2. The molecule has 3 aromatic rings. The molecule has 3 rings (SSSR count). The Bertz CT molecular complexity index is 828. The van der Waals surface area contributed by atoms with Gasteiger partial charge in [0.15, 0.2) is 0 Å². The summed E-state index contributed by atoms with van der Waals surface area (Å²) in [6.45, 7) is 3.85. The molecule has 2 aromatic carbocycles. The quantitative estimate of drug-likeness (QED) is 0.619. The number of fused-ring (bicyclic) bond motifs is 1. The van der Waals surface area contributed by atoms with Crippen LogP contribution in [0.3, 0.4) is 0 Å². The van der Waals surface area contributed by atoms with Gasteiger partial charge in [0.2, 0.25) is 0 Å². The fourth-order valence-corrected chi connectivity index (χ4v) is 3.21. The highest BCUT2D eigenvalue weighted by atomic mass is 79.9. The molecule has 0 saturated carbocycles. The predicted octanol–water partition coefficient (Wildman–Crippen LogP) is 4.45. The van der Waals surface area contributed by atoms with Crippen molar-refractivity contribution in [2.45, 2.75) is 25.9 Å². The standard InChI is InChI=1S/C18H19BrN4O/c1-11(13-7-3-4-8-14(13)19)20-18(24)21-12(2)17-22-15-9-5-6-10-16(15)23-17/h3-12H,1-2H3,(H,22,23)(H2,20,21,24). The van der Waals surface area contributed by atoms with Gasteiger partial charge in [-0.2, -0.15) is 0 Å². The van der Waals surface area contributed by atoms with Gasteiger partial charge in [-0.15, -0.1) is 0 Å². The van der Waals surface area contributed by atoms with Gasteiger partial charge < -0.3 is 15.6 Å². The van der Waals surface area contributed by atoms with Gasteiger partial charge >= 0.3 is 6.03 Å². The topological polar surface area (TPSA) is 69.8 Å². The Hall–Kier alpha value is -2.34. The van der Waals surface area contributed by atoms with Gasteiger partial charge in [-0.3, -0.25) is 0 Å². The molecule has 2 amide bonds. The lowest BCUT2D eigenvalue weighted by atomic mass is 10.1. The van der Waals surface area contributed by atoms with Crippen LogP contribution >= 0.6 is 15.9 Å². The zero-order valence-corrected chi connectivity index (χ0v) is 15.1. The van der Waals surface area contributed by atoms with Crippen LogP contribution in [-0.4, -0.2) is 16.0 Å². The SMILES string of the molecule is CC(NC(=O)NC(C)c1ccccc1Br)c1nc2ccccc2[nH]1. The van der Waals surface area contributed by atoms with Crippen LogP contribution in [0, 0.1) is 0 Å². The van der Waals surface area contributed by atoms with E-state index in [4.69, 9.17) is 0 Å². The molecule has 124 valence electrons. The van der Waals surface area contributed by atoms with Gasteiger partial charge in [0.05, 0.1) is 23.1 Å². The molecule has 24 heavy (non-hydrogen) atoms. The average Bonchev–Trinajstić information content (AvgIpc) is 2.99. The summed E-state index contributed by atoms with van der Waals surface area (Å²) in [5.41, 5.74) is 2.88. The smallest absolute Gasteiger partial charge is 0.315 e. The van der Waals surface area contributed by atoms with E-state index >= 15 is 0 Å². The lowest BCUT2D eigenvalue weighted by Crippen LogP contribution is -2.38. The van der Waals surface area contributed by atoms with Crippen molar-refractivity contribution >= 4 is 33.0 Å². The van der Waals surface area contributed by atoms with Crippen molar-refractivity contribution in [1.82, 2.24) is 20.6 Å². The third-order valence-electron chi connectivity index (χ3n) is 3.88. The van der Waals surface area contributed by atoms with E-state index in [1.165, 1.54) is 0 Å². The van der Waals surface area contributed by atoms with E-state index in [1.54, 1.807) is 0 Å². The van der Waals surface area contributed by atoms with Crippen molar-refractivity contribution in [3.8, 4) is 0 Å². The first-order valence-corrected chi connectivity index (χ1v) is 8.60. The molecule has 0 saturated heterocycles. The van der Waals surface area contributed by atoms with Crippen LogP contribution < -0.4 is 10.6 Å². The van der Waals surface area contributed by atoms with Crippen molar-refractivity contribution in [2.24, 2.45) is 0 Å². The molecule has 6 heteroatoms. The molecule has 5 nitrogen and oxygen atoms in total. The molecule has 0 aliphatic rings. The van der Waals surface area contributed by atoms with Crippen molar-refractivity contribution in [3.63, 3.8) is 0 Å². The number of para-hydroxylation sites is 2. The number of nitrogens with zero attached hydrogens (tertiary/aromatic N) is 1. The van der Waals surface area contributed by atoms with Crippen molar-refractivity contribution < 1.29 is 4.79 Å². The van der Waals surface area contributed by atoms with Crippen LogP contribution in [-0.2, 0) is 0 Å². The van der Waals surface area contributed by atoms with Gasteiger partial charge in [0.1, 0.15) is 5.82 Å². The predicted molar refractivity (Wildman–Crippen MR) is 98.7 cm³/mol. The van der Waals surface area contributed by atoms with E-state index in [0.717, 1.165) is 26.9 Å². The molecule has 0 radical (unpaired) electrons. The van der Waals surface area contributed by atoms with Crippen molar-refractivity contribution in [3.05, 3.63) is 64.4 Å². The summed E-state index contributed by atoms with van der Waals surface area (Å²) < 4.78 is 0.975. The highest BCUT2D eigenvalue weighted by Gasteiger charge is 2.16. The van der Waals surface area contributed by atoms with E-state index in [0.29, 0.717) is 0 Å². The van der Waals surface area contributed by atoms with Crippen LogP contribution in [0.5, 0.6) is 0 Å². The molecule has 1 heterocycles. The summed E-state index contributed by atoms with van der Waals surface area (Å²) in [7, 11) is 0. The minimum absolute atomic E-state index is 0.108. The number of carbonyl (C=O) groups is 1. The molecule has 2 atom stereocenters. The Balaban J connectivity index is 1.64. The van der Waals surface area contributed by atoms with Gasteiger partial charge in [0, 0.05) is 4.47 Å². The van der Waals surface area contributed by atoms with Crippen LogP contribution in [0.1, 0.15) is 37.3 Å². The number of amides is 2. The van der Waals surface area contributed by atoms with Crippen LogP contribution in [0.2, 0.25) is 0 Å². The number of aromatic nitrogens is 2. The number of imidazole rings is 1. The Morgan fingerprint density at radius 2 is 1.71 bits per heavy atom. The average molecular weight is 387 g/mol. The van der Waals surface area contributed by atoms with E-state index in [9.17, 15) is 4.79 Å². The molecule has 0 spiro atoms. The number of H-pyrrole nitrogens is 1. The van der Waals surface area contributed by atoms with Crippen molar-refractivity contribution in [1.29, 1.82) is 0 Å². The Labute approximate surface area is 149 Å². The second kappa shape index (κ2) is 7.05. The fourth-order valence-electron chi connectivity index (χ4n) is 2.58. The molecule has 0 bridgehead atoms. The first-order valence-electron chi connectivity index (χ1n) is 7.80. The largest absolute Gasteiger partial charge is 0.340 e. The molecular formula is C18H19BrN4O. The molecule has 2 unspecified atom stereocenters. The maximum atomic E-state index is 12.3. The van der Waals surface area contributed by atoms with Gasteiger partial charge in [-0.1, -0.05) is 46.3 Å². The highest BCUT2D eigenvalue weighted by molar-refractivity contribution is 9.10. The molecule has 1 aromatic heterocycles. The zero-order chi connectivity index (χ0) is 17.1. The lowest BCUT2D eigenvalue weighted by Gasteiger charge is -2.18. The normalized spacial score (nSPS) is 13.5. The maximum Gasteiger partial charge on any atom is 0.315 e. The zero-order valence-electron chi connectivity index (χ0n) is 13.5. The van der Waals surface area contributed by atoms with E-state index in [-0.39, 0.29) is 18.1 Å². The second-order valence-corrected chi connectivity index (χ2v) is 6.58. The number of halogens is 1. The van der Waals surface area contributed by atoms with Crippen LogP contribution in [0.4, 0.5) is 4.79 Å². The number of nitrogens with one attached hydrogen (secondary N) is 3. The first-order chi connectivity index (χ1) is 11.5. The summed E-state index contributed by atoms with van der Waals surface area (Å²) in [5, 5.41) is 5.87. The third-order valence-corrected chi connectivity index (χ3v) is 4.61. The van der Waals surface area contributed by atoms with Crippen LogP contribution in [0.15, 0.2) is 53.0 Å². The minimum Gasteiger partial charge on any atom is -0.340 e. The van der Waals surface area contributed by atoms with Gasteiger partial charge in [-0.25, -0.2) is 9.78 Å². The molecule has 3 N–H and O–H groups in total. The summed E-state index contributed by atoms with van der Waals surface area (Å²) in [6.07, 6.45) is 0. The Morgan fingerprint density at radius 3 is 2.46 bits per heavy atom. The fraction of sp³-hybridized carbons (Fsp3) is 0.222. The van der Waals surface area contributed by atoms with Gasteiger partial charge in [-0.05, 0) is 37.6 Å². The van der Waals surface area contributed by atoms with Crippen LogP contribution in [0.25, 0.3) is 11.0 Å². The number of rotatable bonds is 4. The lowest BCUT2D eigenvalue weighted by molar-refractivity contribution is 0.234. The maximum absolute atomic E-state index is 12.3. The summed E-state index contributed by atoms with van der Waals surface area (Å²) in [5.74, 6) is 0.736. The monoisotopic (exact) mass is 386 g/mol. The Morgan fingerprint density at radius 1 is 1.04 bits per heavy atom. The minimum atomic E-state index is -0.230. The Kier molecular flexibility index (Phi) is 4.85. The summed E-state index contributed by atoms with van der Waals surface area (Å²) in [4.78, 5) is 20.0. The van der Waals surface area contributed by atoms with Crippen molar-refractivity contribution in [2.75, 3.05) is 0 Å².